The Labute approximate surface area is 125 Å². The highest BCUT2D eigenvalue weighted by atomic mass is 35.5. The molecule has 0 aliphatic heterocycles. The first kappa shape index (κ1) is 14.7. The molecule has 1 aliphatic carbocycles. The highest BCUT2D eigenvalue weighted by molar-refractivity contribution is 8.00. The summed E-state index contributed by atoms with van der Waals surface area (Å²) in [6, 6.07) is 3.68. The Morgan fingerprint density at radius 2 is 2.16 bits per heavy atom. The van der Waals surface area contributed by atoms with Crippen molar-refractivity contribution in [2.24, 2.45) is 0 Å². The molecule has 2 nitrogen and oxygen atoms in total. The smallest absolute Gasteiger partial charge is 0.137 e. The largest absolute Gasteiger partial charge is 0.383 e. The Morgan fingerprint density at radius 1 is 1.42 bits per heavy atom. The molecule has 1 aromatic heterocycles. The van der Waals surface area contributed by atoms with Crippen LogP contribution in [0.4, 0.5) is 10.2 Å². The maximum Gasteiger partial charge on any atom is 0.137 e. The van der Waals surface area contributed by atoms with Gasteiger partial charge in [0.25, 0.3) is 0 Å². The van der Waals surface area contributed by atoms with Crippen LogP contribution in [0, 0.1) is 0 Å². The van der Waals surface area contributed by atoms with Gasteiger partial charge in [0.05, 0.1) is 9.93 Å². The molecule has 1 atom stereocenters. The molecule has 0 radical (unpaired) electrons. The van der Waals surface area contributed by atoms with E-state index in [0.717, 1.165) is 4.90 Å². The SMILES string of the molecule is C[C@@H](Sc1cccnc1N)C1=C(Cl)CCC(F)=C1Cl. The summed E-state index contributed by atoms with van der Waals surface area (Å²) >= 11 is 13.7. The summed E-state index contributed by atoms with van der Waals surface area (Å²) in [5.41, 5.74) is 6.45. The molecule has 0 spiro atoms. The fourth-order valence-corrected chi connectivity index (χ4v) is 3.87. The van der Waals surface area contributed by atoms with E-state index in [4.69, 9.17) is 28.9 Å². The number of halogens is 3. The van der Waals surface area contributed by atoms with Gasteiger partial charge in [-0.05, 0) is 25.5 Å². The molecule has 0 bridgehead atoms. The fraction of sp³-hybridized carbons (Fsp3) is 0.308. The van der Waals surface area contributed by atoms with Gasteiger partial charge < -0.3 is 5.73 Å². The van der Waals surface area contributed by atoms with Crippen molar-refractivity contribution in [3.63, 3.8) is 0 Å². The number of aromatic nitrogens is 1. The van der Waals surface area contributed by atoms with Crippen molar-refractivity contribution in [3.8, 4) is 0 Å². The van der Waals surface area contributed by atoms with E-state index in [1.54, 1.807) is 12.3 Å². The molecule has 1 heterocycles. The predicted molar refractivity (Wildman–Crippen MR) is 80.1 cm³/mol. The van der Waals surface area contributed by atoms with E-state index in [1.165, 1.54) is 11.8 Å². The molecule has 1 aromatic rings. The topological polar surface area (TPSA) is 38.9 Å². The van der Waals surface area contributed by atoms with Crippen LogP contribution in [-0.2, 0) is 0 Å². The molecule has 0 aromatic carbocycles. The van der Waals surface area contributed by atoms with E-state index in [-0.39, 0.29) is 22.5 Å². The molecule has 1 aliphatic rings. The standard InChI is InChI=1S/C13H13Cl2FN2S/c1-7(19-10-3-2-6-18-13(10)17)11-8(14)4-5-9(16)12(11)15/h2-3,6-7H,4-5H2,1H3,(H2,17,18)/t7-/m1/s1. The maximum absolute atomic E-state index is 13.6. The molecular weight excluding hydrogens is 306 g/mol. The van der Waals surface area contributed by atoms with E-state index in [9.17, 15) is 4.39 Å². The van der Waals surface area contributed by atoms with Gasteiger partial charge in [-0.2, -0.15) is 0 Å². The summed E-state index contributed by atoms with van der Waals surface area (Å²) in [6.45, 7) is 1.93. The van der Waals surface area contributed by atoms with Crippen LogP contribution in [-0.4, -0.2) is 10.2 Å². The summed E-state index contributed by atoms with van der Waals surface area (Å²) in [7, 11) is 0. The summed E-state index contributed by atoms with van der Waals surface area (Å²) in [6.07, 6.45) is 2.39. The average Bonchev–Trinajstić information content (AvgIpc) is 2.37. The number of pyridine rings is 1. The molecule has 2 N–H and O–H groups in total. The first-order valence-corrected chi connectivity index (χ1v) is 7.44. The van der Waals surface area contributed by atoms with Gasteiger partial charge in [-0.3, -0.25) is 0 Å². The monoisotopic (exact) mass is 318 g/mol. The van der Waals surface area contributed by atoms with Gasteiger partial charge in [0.2, 0.25) is 0 Å². The van der Waals surface area contributed by atoms with Gasteiger partial charge in [-0.15, -0.1) is 11.8 Å². The van der Waals surface area contributed by atoms with Crippen molar-refractivity contribution in [1.82, 2.24) is 4.98 Å². The van der Waals surface area contributed by atoms with Crippen LogP contribution in [0.2, 0.25) is 0 Å². The van der Waals surface area contributed by atoms with Gasteiger partial charge in [-0.25, -0.2) is 9.37 Å². The number of nitrogens with two attached hydrogens (primary N) is 1. The minimum atomic E-state index is -0.298. The Morgan fingerprint density at radius 3 is 2.84 bits per heavy atom. The number of hydrogen-bond donors (Lipinski definition) is 1. The van der Waals surface area contributed by atoms with Gasteiger partial charge in [0.15, 0.2) is 0 Å². The van der Waals surface area contributed by atoms with E-state index in [1.807, 2.05) is 13.0 Å². The molecule has 19 heavy (non-hydrogen) atoms. The second kappa shape index (κ2) is 6.16. The summed E-state index contributed by atoms with van der Waals surface area (Å²) in [5.74, 6) is 0.153. The summed E-state index contributed by atoms with van der Waals surface area (Å²) in [4.78, 5) is 4.85. The second-order valence-corrected chi connectivity index (χ2v) is 6.40. The zero-order valence-electron chi connectivity index (χ0n) is 10.3. The zero-order valence-corrected chi connectivity index (χ0v) is 12.6. The highest BCUT2D eigenvalue weighted by Crippen LogP contribution is 2.42. The van der Waals surface area contributed by atoms with E-state index >= 15 is 0 Å². The van der Waals surface area contributed by atoms with Crippen molar-refractivity contribution in [1.29, 1.82) is 0 Å². The van der Waals surface area contributed by atoms with Crippen molar-refractivity contribution in [2.45, 2.75) is 29.9 Å². The summed E-state index contributed by atoms with van der Waals surface area (Å²) < 4.78 is 13.6. The first-order valence-electron chi connectivity index (χ1n) is 5.81. The molecule has 2 rings (SSSR count). The van der Waals surface area contributed by atoms with Crippen molar-refractivity contribution in [2.75, 3.05) is 5.73 Å². The van der Waals surface area contributed by atoms with E-state index < -0.39 is 0 Å². The first-order chi connectivity index (χ1) is 9.00. The van der Waals surface area contributed by atoms with Gasteiger partial charge in [-0.1, -0.05) is 23.2 Å². The normalized spacial score (nSPS) is 17.9. The lowest BCUT2D eigenvalue weighted by molar-refractivity contribution is 0.578. The van der Waals surface area contributed by atoms with Crippen LogP contribution in [0.25, 0.3) is 0 Å². The summed E-state index contributed by atoms with van der Waals surface area (Å²) in [5, 5.41) is 0.671. The Hall–Kier alpha value is -0.710. The third kappa shape index (κ3) is 3.25. The fourth-order valence-electron chi connectivity index (χ4n) is 1.88. The average molecular weight is 319 g/mol. The molecular formula is C13H13Cl2FN2S. The number of anilines is 1. The molecule has 102 valence electrons. The van der Waals surface area contributed by atoms with E-state index in [0.29, 0.717) is 22.8 Å². The lowest BCUT2D eigenvalue weighted by atomic mass is 10.0. The van der Waals surface area contributed by atoms with Crippen molar-refractivity contribution < 1.29 is 4.39 Å². The quantitative estimate of drug-likeness (QED) is 0.809. The van der Waals surface area contributed by atoms with Gasteiger partial charge >= 0.3 is 0 Å². The lowest BCUT2D eigenvalue weighted by Gasteiger charge is -2.21. The van der Waals surface area contributed by atoms with Gasteiger partial charge in [0.1, 0.15) is 11.6 Å². The number of nitrogens with zero attached hydrogens (tertiary/aromatic N) is 1. The predicted octanol–water partition coefficient (Wildman–Crippen LogP) is 4.85. The highest BCUT2D eigenvalue weighted by Gasteiger charge is 2.25. The molecule has 6 heteroatoms. The Kier molecular flexibility index (Phi) is 4.76. The minimum Gasteiger partial charge on any atom is -0.383 e. The molecule has 0 fully saturated rings. The number of thioether (sulfide) groups is 1. The van der Waals surface area contributed by atoms with Crippen LogP contribution in [0.15, 0.2) is 44.7 Å². The van der Waals surface area contributed by atoms with E-state index in [2.05, 4.69) is 4.98 Å². The number of allylic oxidation sites excluding steroid dienone is 3. The third-order valence-corrected chi connectivity index (χ3v) is 4.83. The maximum atomic E-state index is 13.6. The molecule has 0 amide bonds. The van der Waals surface area contributed by atoms with Crippen molar-refractivity contribution in [3.05, 3.63) is 39.8 Å². The second-order valence-electron chi connectivity index (χ2n) is 4.18. The number of nitrogen functional groups attached to an aromatic ring is 1. The Bertz CT molecular complexity index is 557. The van der Waals surface area contributed by atoms with Crippen LogP contribution in [0.5, 0.6) is 0 Å². The number of hydrogen-bond acceptors (Lipinski definition) is 3. The van der Waals surface area contributed by atoms with Crippen LogP contribution >= 0.6 is 35.0 Å². The van der Waals surface area contributed by atoms with Crippen LogP contribution < -0.4 is 5.73 Å². The molecule has 0 unspecified atom stereocenters. The Balaban J connectivity index is 2.25. The van der Waals surface area contributed by atoms with Gasteiger partial charge in [0, 0.05) is 28.5 Å². The third-order valence-electron chi connectivity index (χ3n) is 2.84. The minimum absolute atomic E-state index is 0.0856. The zero-order chi connectivity index (χ0) is 14.0. The molecule has 0 saturated heterocycles. The van der Waals surface area contributed by atoms with Crippen molar-refractivity contribution >= 4 is 40.8 Å². The van der Waals surface area contributed by atoms with Crippen LogP contribution in [0.3, 0.4) is 0 Å². The lowest BCUT2D eigenvalue weighted by Crippen LogP contribution is -2.09. The molecule has 0 saturated carbocycles. The number of rotatable bonds is 3. The van der Waals surface area contributed by atoms with Crippen LogP contribution in [0.1, 0.15) is 19.8 Å².